The lowest BCUT2D eigenvalue weighted by atomic mass is 10.2. The van der Waals surface area contributed by atoms with Crippen LogP contribution >= 0.6 is 0 Å². The van der Waals surface area contributed by atoms with Gasteiger partial charge in [-0.05, 0) is 55.4 Å². The third-order valence-corrected chi connectivity index (χ3v) is 3.14. The van der Waals surface area contributed by atoms with Gasteiger partial charge in [-0.15, -0.1) is 0 Å². The average Bonchev–Trinajstić information content (AvgIpc) is 2.43. The molecule has 0 atom stereocenters. The summed E-state index contributed by atoms with van der Waals surface area (Å²) in [4.78, 5) is 1.50. The molecule has 8 heteroatoms. The Balaban J connectivity index is 6.45. The van der Waals surface area contributed by atoms with Crippen molar-refractivity contribution in [3.8, 4) is 0 Å². The van der Waals surface area contributed by atoms with Gasteiger partial charge in [-0.25, -0.2) is 4.90 Å². The Morgan fingerprint density at radius 2 is 0.962 bits per heavy atom. The summed E-state index contributed by atoms with van der Waals surface area (Å²) in [5.74, 6) is -4.19. The van der Waals surface area contributed by atoms with Crippen LogP contribution in [-0.4, -0.2) is 82.8 Å². The number of hydrogen-bond donors (Lipinski definition) is 3. The molecule has 0 aliphatic carbocycles. The molecule has 0 heterocycles. The molecule has 0 aliphatic heterocycles. The maximum Gasteiger partial charge on any atom is 0.355 e. The van der Waals surface area contributed by atoms with Crippen LogP contribution < -0.4 is 0 Å². The van der Waals surface area contributed by atoms with Crippen LogP contribution in [-0.2, 0) is 18.9 Å². The summed E-state index contributed by atoms with van der Waals surface area (Å²) in [6.45, 7) is 13.9. The third kappa shape index (κ3) is 7.36. The molecule has 0 bridgehead atoms. The van der Waals surface area contributed by atoms with Crippen molar-refractivity contribution in [2.75, 3.05) is 26.3 Å². The van der Waals surface area contributed by atoms with Crippen LogP contribution in [0.2, 0.25) is 0 Å². The zero-order valence-electron chi connectivity index (χ0n) is 17.6. The van der Waals surface area contributed by atoms with E-state index in [1.54, 1.807) is 55.4 Å². The summed E-state index contributed by atoms with van der Waals surface area (Å²) in [5.41, 5.74) is 0. The SMILES string of the molecule is CC(C)OC(O)(OC(C)C)C(OC(C)C)(OC(C)C)N(CCO)CCO. The summed E-state index contributed by atoms with van der Waals surface area (Å²) in [6.07, 6.45) is -1.55. The van der Waals surface area contributed by atoms with Crippen LogP contribution in [0, 0.1) is 0 Å². The molecule has 0 aromatic rings. The Kier molecular flexibility index (Phi) is 11.4. The Morgan fingerprint density at radius 1 is 0.654 bits per heavy atom. The molecule has 0 aromatic carbocycles. The van der Waals surface area contributed by atoms with Crippen molar-refractivity contribution in [3.05, 3.63) is 0 Å². The van der Waals surface area contributed by atoms with Crippen molar-refractivity contribution in [1.82, 2.24) is 4.90 Å². The van der Waals surface area contributed by atoms with Gasteiger partial charge in [-0.3, -0.25) is 0 Å². The largest absolute Gasteiger partial charge is 0.395 e. The summed E-state index contributed by atoms with van der Waals surface area (Å²) in [6, 6.07) is 0. The monoisotopic (exact) mass is 381 g/mol. The Labute approximate surface area is 158 Å². The van der Waals surface area contributed by atoms with Crippen LogP contribution in [0.3, 0.4) is 0 Å². The van der Waals surface area contributed by atoms with Gasteiger partial charge in [0.05, 0.1) is 37.6 Å². The van der Waals surface area contributed by atoms with E-state index >= 15 is 0 Å². The fourth-order valence-electron chi connectivity index (χ4n) is 2.63. The normalized spacial score (nSPS) is 13.8. The number of aliphatic hydroxyl groups is 3. The average molecular weight is 382 g/mol. The minimum atomic E-state index is -2.30. The Hall–Kier alpha value is -0.320. The second kappa shape index (κ2) is 11.5. The van der Waals surface area contributed by atoms with Gasteiger partial charge in [0, 0.05) is 13.1 Å². The number of nitrogens with zero attached hydrogens (tertiary/aromatic N) is 1. The lowest BCUT2D eigenvalue weighted by molar-refractivity contribution is -0.540. The van der Waals surface area contributed by atoms with E-state index in [0.29, 0.717) is 0 Å². The Morgan fingerprint density at radius 3 is 1.19 bits per heavy atom. The highest BCUT2D eigenvalue weighted by molar-refractivity contribution is 4.85. The maximum absolute atomic E-state index is 11.5. The molecule has 0 aromatic heterocycles. The lowest BCUT2D eigenvalue weighted by Crippen LogP contribution is -2.72. The molecule has 26 heavy (non-hydrogen) atoms. The van der Waals surface area contributed by atoms with E-state index in [4.69, 9.17) is 18.9 Å². The molecule has 0 amide bonds. The van der Waals surface area contributed by atoms with Gasteiger partial charge in [0.1, 0.15) is 0 Å². The van der Waals surface area contributed by atoms with E-state index in [-0.39, 0.29) is 38.5 Å². The third-order valence-electron chi connectivity index (χ3n) is 3.14. The predicted molar refractivity (Wildman–Crippen MR) is 98.3 cm³/mol. The summed E-state index contributed by atoms with van der Waals surface area (Å²) < 4.78 is 23.7. The van der Waals surface area contributed by atoms with Crippen LogP contribution in [0.25, 0.3) is 0 Å². The van der Waals surface area contributed by atoms with Gasteiger partial charge in [0.25, 0.3) is 0 Å². The number of aliphatic hydroxyl groups excluding tert-OH is 2. The zero-order valence-corrected chi connectivity index (χ0v) is 17.6. The lowest BCUT2D eigenvalue weighted by Gasteiger charge is -2.52. The van der Waals surface area contributed by atoms with Crippen molar-refractivity contribution in [3.63, 3.8) is 0 Å². The van der Waals surface area contributed by atoms with Gasteiger partial charge >= 0.3 is 11.9 Å². The molecule has 0 saturated carbocycles. The van der Waals surface area contributed by atoms with Gasteiger partial charge in [-0.2, -0.15) is 0 Å². The molecule has 0 aliphatic rings. The molecule has 158 valence electrons. The molecule has 0 fully saturated rings. The standard InChI is InChI=1S/C18H39NO7/c1-13(2)23-17(24-14(3)4,19(9-11-20)10-12-21)18(22,25-15(5)6)26-16(7)8/h13-16,20-22H,9-12H2,1-8H3. The minimum absolute atomic E-state index is 0.0746. The summed E-state index contributed by atoms with van der Waals surface area (Å²) >= 11 is 0. The van der Waals surface area contributed by atoms with Gasteiger partial charge in [0.15, 0.2) is 0 Å². The summed E-state index contributed by atoms with van der Waals surface area (Å²) in [5, 5.41) is 30.5. The number of hydrogen-bond acceptors (Lipinski definition) is 8. The van der Waals surface area contributed by atoms with Crippen LogP contribution in [0.4, 0.5) is 0 Å². The van der Waals surface area contributed by atoms with E-state index in [0.717, 1.165) is 0 Å². The van der Waals surface area contributed by atoms with Crippen LogP contribution in [0.1, 0.15) is 55.4 Å². The fourth-order valence-corrected chi connectivity index (χ4v) is 2.63. The molecule has 0 saturated heterocycles. The first-order valence-corrected chi connectivity index (χ1v) is 9.34. The molecule has 0 spiro atoms. The van der Waals surface area contributed by atoms with Crippen molar-refractivity contribution < 1.29 is 34.3 Å². The highest BCUT2D eigenvalue weighted by atomic mass is 16.9. The number of rotatable bonds is 14. The topological polar surface area (TPSA) is 101 Å². The molecular weight excluding hydrogens is 342 g/mol. The summed E-state index contributed by atoms with van der Waals surface area (Å²) in [7, 11) is 0. The minimum Gasteiger partial charge on any atom is -0.395 e. The van der Waals surface area contributed by atoms with Crippen molar-refractivity contribution in [2.24, 2.45) is 0 Å². The van der Waals surface area contributed by atoms with E-state index in [2.05, 4.69) is 0 Å². The molecule has 0 radical (unpaired) electrons. The second-order valence-electron chi connectivity index (χ2n) is 7.26. The Bertz CT molecular complexity index is 349. The first kappa shape index (κ1) is 25.7. The van der Waals surface area contributed by atoms with E-state index < -0.39 is 24.1 Å². The zero-order chi connectivity index (χ0) is 20.5. The predicted octanol–water partition coefficient (Wildman–Crippen LogP) is 1.27. The second-order valence-corrected chi connectivity index (χ2v) is 7.26. The molecule has 0 unspecified atom stereocenters. The van der Waals surface area contributed by atoms with E-state index in [1.165, 1.54) is 4.90 Å². The maximum atomic E-state index is 11.5. The first-order valence-electron chi connectivity index (χ1n) is 9.34. The molecule has 0 rings (SSSR count). The molecular formula is C18H39NO7. The highest BCUT2D eigenvalue weighted by Gasteiger charge is 2.62. The van der Waals surface area contributed by atoms with Crippen LogP contribution in [0.5, 0.6) is 0 Å². The molecule has 8 nitrogen and oxygen atoms in total. The van der Waals surface area contributed by atoms with Crippen molar-refractivity contribution >= 4 is 0 Å². The molecule has 3 N–H and O–H groups in total. The fraction of sp³-hybridized carbons (Fsp3) is 1.00. The smallest absolute Gasteiger partial charge is 0.355 e. The van der Waals surface area contributed by atoms with Gasteiger partial charge < -0.3 is 34.3 Å². The van der Waals surface area contributed by atoms with Gasteiger partial charge in [0.2, 0.25) is 0 Å². The van der Waals surface area contributed by atoms with E-state index in [1.807, 2.05) is 0 Å². The van der Waals surface area contributed by atoms with Gasteiger partial charge in [-0.1, -0.05) is 0 Å². The van der Waals surface area contributed by atoms with Crippen LogP contribution in [0.15, 0.2) is 0 Å². The van der Waals surface area contributed by atoms with Crippen molar-refractivity contribution in [2.45, 2.75) is 91.7 Å². The first-order chi connectivity index (χ1) is 11.9. The quantitative estimate of drug-likeness (QED) is 0.387. The number of ether oxygens (including phenoxy) is 4. The van der Waals surface area contributed by atoms with E-state index in [9.17, 15) is 15.3 Å². The van der Waals surface area contributed by atoms with Crippen molar-refractivity contribution in [1.29, 1.82) is 0 Å². The highest BCUT2D eigenvalue weighted by Crippen LogP contribution is 2.38.